The van der Waals surface area contributed by atoms with Crippen molar-refractivity contribution in [2.75, 3.05) is 0 Å². The Morgan fingerprint density at radius 1 is 0.257 bits per heavy atom. The SMILES string of the molecule is c1ccc2cc(-n3c4ccccc4c4cc(-c5ccc6c(c5)C5(CCCC5)c5cc7c(cc5-6)C5(CCCC5)c5cc(-c6ccc8c(c6)c6ccccc6n8-c6ccc8ccccc8c6)ccc5-7)ccc43)ccc2c1. The van der Waals surface area contributed by atoms with Gasteiger partial charge in [-0.15, -0.1) is 0 Å². The van der Waals surface area contributed by atoms with E-state index in [1.54, 1.807) is 22.3 Å². The van der Waals surface area contributed by atoms with Crippen LogP contribution in [0, 0.1) is 0 Å². The molecule has 2 spiro atoms. The third kappa shape index (κ3) is 5.55. The second-order valence-electron chi connectivity index (χ2n) is 22.3. The van der Waals surface area contributed by atoms with Crippen LogP contribution in [-0.2, 0) is 10.8 Å². The van der Waals surface area contributed by atoms with E-state index in [1.807, 2.05) is 0 Å². The Morgan fingerprint density at radius 2 is 0.622 bits per heavy atom. The van der Waals surface area contributed by atoms with E-state index < -0.39 is 0 Å². The molecular weight excluding hydrogens is 893 g/mol. The second kappa shape index (κ2) is 15.1. The molecule has 0 unspecified atom stereocenters. The molecule has 13 aromatic rings. The number of nitrogens with zero attached hydrogens (tertiary/aromatic N) is 2. The summed E-state index contributed by atoms with van der Waals surface area (Å²) >= 11 is 0. The van der Waals surface area contributed by atoms with Crippen molar-refractivity contribution in [1.29, 1.82) is 0 Å². The van der Waals surface area contributed by atoms with Crippen molar-refractivity contribution in [3.8, 4) is 55.9 Å². The topological polar surface area (TPSA) is 9.86 Å². The number of para-hydroxylation sites is 2. The molecule has 0 N–H and O–H groups in total. The summed E-state index contributed by atoms with van der Waals surface area (Å²) in [6.45, 7) is 0. The monoisotopic (exact) mass is 944 g/mol. The summed E-state index contributed by atoms with van der Waals surface area (Å²) in [6, 6.07) is 83.9. The zero-order valence-electron chi connectivity index (χ0n) is 41.3. The first-order valence-electron chi connectivity index (χ1n) is 27.1. The van der Waals surface area contributed by atoms with Crippen LogP contribution in [0.15, 0.2) is 218 Å². The Kier molecular flexibility index (Phi) is 8.36. The van der Waals surface area contributed by atoms with E-state index in [1.165, 1.54) is 172 Å². The first-order valence-corrected chi connectivity index (χ1v) is 27.1. The van der Waals surface area contributed by atoms with Gasteiger partial charge in [0, 0.05) is 43.7 Å². The standard InChI is InChI=1S/C72H52N2/c1-3-15-47-37-53(27-21-45(47)13-1)73-67-19-7-5-17-57(67)61-39-49(25-31-69(61)73)51-23-29-55-59-43-66-60(44-65(59)71(63(55)41-51)33-9-10-34-71)56-30-24-52(42-64(56)72(66)35-11-12-36-72)50-26-32-70-62(40-50)58-18-6-8-20-68(58)74(70)54-28-22-46-14-2-4-16-48(46)38-54/h1-8,13-32,37-44H,9-12,33-36H2. The molecule has 350 valence electrons. The maximum Gasteiger partial charge on any atom is 0.0541 e. The molecule has 2 aromatic heterocycles. The Bertz CT molecular complexity index is 4270. The first kappa shape index (κ1) is 41.1. The first-order chi connectivity index (χ1) is 36.6. The number of hydrogen-bond donors (Lipinski definition) is 0. The Labute approximate surface area is 430 Å². The van der Waals surface area contributed by atoms with Crippen molar-refractivity contribution in [3.63, 3.8) is 0 Å². The van der Waals surface area contributed by atoms with Crippen molar-refractivity contribution in [2.24, 2.45) is 0 Å². The summed E-state index contributed by atoms with van der Waals surface area (Å²) in [5, 5.41) is 10.3. The van der Waals surface area contributed by atoms with Crippen LogP contribution in [-0.4, -0.2) is 9.13 Å². The van der Waals surface area contributed by atoms with Crippen LogP contribution in [0.2, 0.25) is 0 Å². The summed E-state index contributed by atoms with van der Waals surface area (Å²) in [7, 11) is 0. The Balaban J connectivity index is 0.766. The van der Waals surface area contributed by atoms with Gasteiger partial charge in [-0.3, -0.25) is 0 Å². The van der Waals surface area contributed by atoms with E-state index in [9.17, 15) is 0 Å². The summed E-state index contributed by atoms with van der Waals surface area (Å²) < 4.78 is 4.91. The minimum absolute atomic E-state index is 0.0406. The van der Waals surface area contributed by atoms with Crippen LogP contribution in [0.1, 0.15) is 73.6 Å². The number of aromatic nitrogens is 2. The molecule has 0 bridgehead atoms. The predicted molar refractivity (Wildman–Crippen MR) is 310 cm³/mol. The van der Waals surface area contributed by atoms with Gasteiger partial charge in [0.05, 0.1) is 22.1 Å². The Hall–Kier alpha value is -8.46. The van der Waals surface area contributed by atoms with Crippen LogP contribution in [0.3, 0.4) is 0 Å². The number of rotatable bonds is 4. The number of hydrogen-bond acceptors (Lipinski definition) is 0. The quantitative estimate of drug-likeness (QED) is 0.166. The van der Waals surface area contributed by atoms with E-state index in [0.29, 0.717) is 0 Å². The summed E-state index contributed by atoms with van der Waals surface area (Å²) in [4.78, 5) is 0. The maximum absolute atomic E-state index is 2.71. The zero-order chi connectivity index (χ0) is 48.3. The van der Waals surface area contributed by atoms with E-state index in [0.717, 1.165) is 0 Å². The molecular formula is C72H52N2. The fourth-order valence-electron chi connectivity index (χ4n) is 15.4. The maximum atomic E-state index is 2.71. The second-order valence-corrected chi connectivity index (χ2v) is 22.3. The molecule has 0 radical (unpaired) electrons. The van der Waals surface area contributed by atoms with Gasteiger partial charge >= 0.3 is 0 Å². The number of benzene rings is 11. The zero-order valence-corrected chi connectivity index (χ0v) is 41.3. The normalized spacial score (nSPS) is 15.9. The average Bonchev–Trinajstić information content (AvgIpc) is 4.37. The van der Waals surface area contributed by atoms with Crippen molar-refractivity contribution < 1.29 is 0 Å². The van der Waals surface area contributed by atoms with Crippen LogP contribution in [0.4, 0.5) is 0 Å². The molecule has 4 aliphatic carbocycles. The van der Waals surface area contributed by atoms with Crippen molar-refractivity contribution in [3.05, 3.63) is 241 Å². The van der Waals surface area contributed by atoms with E-state index in [4.69, 9.17) is 0 Å². The molecule has 17 rings (SSSR count). The summed E-state index contributed by atoms with van der Waals surface area (Å²) in [5.74, 6) is 0. The van der Waals surface area contributed by atoms with Gasteiger partial charge in [0.1, 0.15) is 0 Å². The van der Waals surface area contributed by atoms with Gasteiger partial charge in [-0.2, -0.15) is 0 Å². The van der Waals surface area contributed by atoms with Crippen LogP contribution < -0.4 is 0 Å². The summed E-state index contributed by atoms with van der Waals surface area (Å²) in [5.41, 5.74) is 24.9. The molecule has 4 aliphatic rings. The van der Waals surface area contributed by atoms with Crippen LogP contribution in [0.25, 0.3) is 121 Å². The fourth-order valence-corrected chi connectivity index (χ4v) is 15.4. The molecule has 2 heterocycles. The molecule has 2 fully saturated rings. The van der Waals surface area contributed by atoms with Gasteiger partial charge in [0.25, 0.3) is 0 Å². The fraction of sp³-hybridized carbons (Fsp3) is 0.139. The van der Waals surface area contributed by atoms with Crippen LogP contribution >= 0.6 is 0 Å². The number of fused-ring (bicyclic) bond motifs is 18. The van der Waals surface area contributed by atoms with Gasteiger partial charge in [-0.05, 0) is 199 Å². The van der Waals surface area contributed by atoms with Gasteiger partial charge in [0.2, 0.25) is 0 Å². The third-order valence-electron chi connectivity index (χ3n) is 18.7. The third-order valence-corrected chi connectivity index (χ3v) is 18.7. The van der Waals surface area contributed by atoms with Crippen molar-refractivity contribution in [1.82, 2.24) is 9.13 Å². The van der Waals surface area contributed by atoms with Gasteiger partial charge in [0.15, 0.2) is 0 Å². The average molecular weight is 945 g/mol. The molecule has 11 aromatic carbocycles. The molecule has 0 amide bonds. The minimum Gasteiger partial charge on any atom is -0.309 e. The largest absolute Gasteiger partial charge is 0.309 e. The van der Waals surface area contributed by atoms with Gasteiger partial charge in [-0.1, -0.05) is 159 Å². The van der Waals surface area contributed by atoms with Gasteiger partial charge < -0.3 is 9.13 Å². The highest BCUT2D eigenvalue weighted by Crippen LogP contribution is 2.63. The van der Waals surface area contributed by atoms with E-state index >= 15 is 0 Å². The predicted octanol–water partition coefficient (Wildman–Crippen LogP) is 19.2. The van der Waals surface area contributed by atoms with E-state index in [2.05, 4.69) is 228 Å². The van der Waals surface area contributed by atoms with E-state index in [-0.39, 0.29) is 10.8 Å². The summed E-state index contributed by atoms with van der Waals surface area (Å²) in [6.07, 6.45) is 9.94. The molecule has 2 saturated carbocycles. The van der Waals surface area contributed by atoms with Gasteiger partial charge in [-0.25, -0.2) is 0 Å². The lowest BCUT2D eigenvalue weighted by Crippen LogP contribution is -2.22. The highest BCUT2D eigenvalue weighted by Gasteiger charge is 2.50. The lowest BCUT2D eigenvalue weighted by Gasteiger charge is -2.29. The molecule has 2 nitrogen and oxygen atoms in total. The Morgan fingerprint density at radius 3 is 1.08 bits per heavy atom. The highest BCUT2D eigenvalue weighted by molar-refractivity contribution is 6.12. The van der Waals surface area contributed by atoms with Crippen molar-refractivity contribution in [2.45, 2.75) is 62.2 Å². The minimum atomic E-state index is 0.0406. The smallest absolute Gasteiger partial charge is 0.0541 e. The molecule has 0 saturated heterocycles. The molecule has 2 heteroatoms. The van der Waals surface area contributed by atoms with Crippen molar-refractivity contribution >= 4 is 65.2 Å². The molecule has 74 heavy (non-hydrogen) atoms. The lowest BCUT2D eigenvalue weighted by molar-refractivity contribution is 0.544. The lowest BCUT2D eigenvalue weighted by atomic mass is 9.74. The highest BCUT2D eigenvalue weighted by atomic mass is 15.0. The molecule has 0 atom stereocenters. The van der Waals surface area contributed by atoms with Crippen LogP contribution in [0.5, 0.6) is 0 Å². The molecule has 0 aliphatic heterocycles.